The van der Waals surface area contributed by atoms with Gasteiger partial charge in [-0.15, -0.1) is 0 Å². The number of carbonyl (C=O) groups excluding carboxylic acids is 1. The Labute approximate surface area is 133 Å². The maximum atomic E-state index is 12.3. The Hall–Kier alpha value is -2.27. The van der Waals surface area contributed by atoms with Crippen molar-refractivity contribution in [3.63, 3.8) is 0 Å². The van der Waals surface area contributed by atoms with Crippen LogP contribution in [0.5, 0.6) is 0 Å². The summed E-state index contributed by atoms with van der Waals surface area (Å²) in [4.78, 5) is 19.0. The first-order chi connectivity index (χ1) is 10.5. The summed E-state index contributed by atoms with van der Waals surface area (Å²) in [5.74, 6) is 0.598. The number of carbonyl (C=O) groups is 1. The molecule has 1 fully saturated rings. The van der Waals surface area contributed by atoms with E-state index in [0.29, 0.717) is 15.8 Å². The number of thioether (sulfide) groups is 1. The van der Waals surface area contributed by atoms with E-state index in [4.69, 9.17) is 4.42 Å². The smallest absolute Gasteiger partial charge is 0.266 e. The molecule has 5 heteroatoms. The van der Waals surface area contributed by atoms with Gasteiger partial charge in [0.1, 0.15) is 5.76 Å². The lowest BCUT2D eigenvalue weighted by atomic mass is 10.1. The standard InChI is InChI=1S/C17H16N2O2S/c1-11-6-7-13(9-12(11)2)18-17-19(3)16(20)15(22-17)10-14-5-4-8-21-14/h4-10H,1-3H3/b15-10+,18-17?. The first-order valence-corrected chi connectivity index (χ1v) is 7.73. The first kappa shape index (κ1) is 14.7. The molecule has 0 bridgehead atoms. The molecular formula is C17H16N2O2S. The molecule has 1 aliphatic heterocycles. The lowest BCUT2D eigenvalue weighted by molar-refractivity contribution is -0.121. The van der Waals surface area contributed by atoms with E-state index in [0.717, 1.165) is 5.69 Å². The molecule has 0 atom stereocenters. The van der Waals surface area contributed by atoms with Crippen LogP contribution >= 0.6 is 11.8 Å². The number of amides is 1. The highest BCUT2D eigenvalue weighted by Crippen LogP contribution is 2.33. The highest BCUT2D eigenvalue weighted by molar-refractivity contribution is 8.18. The Morgan fingerprint density at radius 2 is 2.05 bits per heavy atom. The van der Waals surface area contributed by atoms with Crippen molar-refractivity contribution in [2.45, 2.75) is 13.8 Å². The van der Waals surface area contributed by atoms with Crippen LogP contribution in [0.25, 0.3) is 6.08 Å². The van der Waals surface area contributed by atoms with Gasteiger partial charge < -0.3 is 4.42 Å². The second kappa shape index (κ2) is 5.85. The van der Waals surface area contributed by atoms with Crippen molar-refractivity contribution in [2.24, 2.45) is 4.99 Å². The van der Waals surface area contributed by atoms with Gasteiger partial charge in [-0.2, -0.15) is 0 Å². The molecule has 1 aromatic heterocycles. The highest BCUT2D eigenvalue weighted by Gasteiger charge is 2.30. The van der Waals surface area contributed by atoms with Gasteiger partial charge in [0.15, 0.2) is 5.17 Å². The van der Waals surface area contributed by atoms with Gasteiger partial charge in [0.2, 0.25) is 0 Å². The number of hydrogen-bond acceptors (Lipinski definition) is 4. The number of likely N-dealkylation sites (N-methyl/N-ethyl adjacent to an activating group) is 1. The summed E-state index contributed by atoms with van der Waals surface area (Å²) in [7, 11) is 1.73. The van der Waals surface area contributed by atoms with Gasteiger partial charge in [0.05, 0.1) is 16.9 Å². The van der Waals surface area contributed by atoms with E-state index in [2.05, 4.69) is 18.8 Å². The van der Waals surface area contributed by atoms with Crippen LogP contribution in [0.15, 0.2) is 50.9 Å². The predicted octanol–water partition coefficient (Wildman–Crippen LogP) is 4.13. The Morgan fingerprint density at radius 3 is 2.73 bits per heavy atom. The number of amidine groups is 1. The van der Waals surface area contributed by atoms with Crippen molar-refractivity contribution >= 4 is 34.6 Å². The molecule has 2 heterocycles. The molecule has 0 radical (unpaired) electrons. The SMILES string of the molecule is Cc1ccc(N=C2S/C(=C/c3ccco3)C(=O)N2C)cc1C. The molecule has 1 aliphatic rings. The topological polar surface area (TPSA) is 45.8 Å². The first-order valence-electron chi connectivity index (χ1n) is 6.91. The average molecular weight is 312 g/mol. The molecule has 2 aromatic rings. The van der Waals surface area contributed by atoms with Gasteiger partial charge in [-0.25, -0.2) is 4.99 Å². The Balaban J connectivity index is 1.90. The van der Waals surface area contributed by atoms with E-state index in [1.807, 2.05) is 24.3 Å². The van der Waals surface area contributed by atoms with Crippen LogP contribution < -0.4 is 0 Å². The molecule has 1 amide bonds. The largest absolute Gasteiger partial charge is 0.465 e. The normalized spacial score (nSPS) is 18.7. The fraction of sp³-hybridized carbons (Fsp3) is 0.176. The third-order valence-corrected chi connectivity index (χ3v) is 4.60. The molecule has 0 aliphatic carbocycles. The number of benzene rings is 1. The van der Waals surface area contributed by atoms with E-state index < -0.39 is 0 Å². The summed E-state index contributed by atoms with van der Waals surface area (Å²) >= 11 is 1.36. The van der Waals surface area contributed by atoms with Crippen molar-refractivity contribution in [3.05, 3.63) is 58.4 Å². The summed E-state index contributed by atoms with van der Waals surface area (Å²) in [6.45, 7) is 4.12. The van der Waals surface area contributed by atoms with Crippen molar-refractivity contribution < 1.29 is 9.21 Å². The molecule has 0 saturated carbocycles. The van der Waals surface area contributed by atoms with Gasteiger partial charge in [0, 0.05) is 13.1 Å². The minimum Gasteiger partial charge on any atom is -0.465 e. The molecule has 112 valence electrons. The van der Waals surface area contributed by atoms with E-state index in [9.17, 15) is 4.79 Å². The molecule has 1 aromatic carbocycles. The summed E-state index contributed by atoms with van der Waals surface area (Å²) in [5.41, 5.74) is 3.26. The number of furan rings is 1. The summed E-state index contributed by atoms with van der Waals surface area (Å²) in [6, 6.07) is 9.64. The van der Waals surface area contributed by atoms with E-state index in [1.165, 1.54) is 22.9 Å². The third kappa shape index (κ3) is 2.85. The molecule has 1 saturated heterocycles. The van der Waals surface area contributed by atoms with Gasteiger partial charge in [-0.05, 0) is 61.0 Å². The van der Waals surface area contributed by atoms with E-state index in [1.54, 1.807) is 30.4 Å². The summed E-state index contributed by atoms with van der Waals surface area (Å²) in [6.07, 6.45) is 3.33. The highest BCUT2D eigenvalue weighted by atomic mass is 32.2. The Morgan fingerprint density at radius 1 is 1.23 bits per heavy atom. The van der Waals surface area contributed by atoms with Crippen LogP contribution in [0.2, 0.25) is 0 Å². The maximum Gasteiger partial charge on any atom is 0.266 e. The summed E-state index contributed by atoms with van der Waals surface area (Å²) < 4.78 is 5.26. The van der Waals surface area contributed by atoms with Crippen LogP contribution in [0.4, 0.5) is 5.69 Å². The number of rotatable bonds is 2. The van der Waals surface area contributed by atoms with Crippen molar-refractivity contribution in [3.8, 4) is 0 Å². The fourth-order valence-corrected chi connectivity index (χ4v) is 3.03. The second-order valence-electron chi connectivity index (χ2n) is 5.15. The molecule has 4 nitrogen and oxygen atoms in total. The van der Waals surface area contributed by atoms with Gasteiger partial charge >= 0.3 is 0 Å². The van der Waals surface area contributed by atoms with Crippen molar-refractivity contribution in [1.29, 1.82) is 0 Å². The van der Waals surface area contributed by atoms with Gasteiger partial charge in [0.25, 0.3) is 5.91 Å². The number of nitrogens with zero attached hydrogens (tertiary/aromatic N) is 2. The lowest BCUT2D eigenvalue weighted by Gasteiger charge is -2.08. The lowest BCUT2D eigenvalue weighted by Crippen LogP contribution is -2.23. The predicted molar refractivity (Wildman–Crippen MR) is 90.1 cm³/mol. The van der Waals surface area contributed by atoms with Crippen LogP contribution in [-0.4, -0.2) is 23.0 Å². The van der Waals surface area contributed by atoms with Crippen LogP contribution in [0.3, 0.4) is 0 Å². The average Bonchev–Trinajstić information content (AvgIpc) is 3.08. The van der Waals surface area contributed by atoms with E-state index >= 15 is 0 Å². The Kier molecular flexibility index (Phi) is 3.90. The van der Waals surface area contributed by atoms with Crippen LogP contribution in [0.1, 0.15) is 16.9 Å². The number of hydrogen-bond donors (Lipinski definition) is 0. The van der Waals surface area contributed by atoms with Gasteiger partial charge in [-0.1, -0.05) is 6.07 Å². The number of aliphatic imine (C=N–C) groups is 1. The minimum absolute atomic E-state index is 0.0658. The monoisotopic (exact) mass is 312 g/mol. The molecule has 22 heavy (non-hydrogen) atoms. The van der Waals surface area contributed by atoms with Crippen LogP contribution in [0, 0.1) is 13.8 Å². The maximum absolute atomic E-state index is 12.3. The molecular weight excluding hydrogens is 296 g/mol. The second-order valence-corrected chi connectivity index (χ2v) is 6.16. The zero-order valence-corrected chi connectivity index (χ0v) is 13.5. The third-order valence-electron chi connectivity index (χ3n) is 3.54. The summed E-state index contributed by atoms with van der Waals surface area (Å²) in [5, 5.41) is 0.672. The van der Waals surface area contributed by atoms with Gasteiger partial charge in [-0.3, -0.25) is 9.69 Å². The minimum atomic E-state index is -0.0658. The fourth-order valence-electron chi connectivity index (χ4n) is 2.06. The zero-order chi connectivity index (χ0) is 15.7. The van der Waals surface area contributed by atoms with E-state index in [-0.39, 0.29) is 5.91 Å². The van der Waals surface area contributed by atoms with Crippen molar-refractivity contribution in [2.75, 3.05) is 7.05 Å². The molecule has 0 N–H and O–H groups in total. The molecule has 3 rings (SSSR count). The molecule has 0 unspecified atom stereocenters. The number of aryl methyl sites for hydroxylation is 2. The van der Waals surface area contributed by atoms with Crippen LogP contribution in [-0.2, 0) is 4.79 Å². The zero-order valence-electron chi connectivity index (χ0n) is 12.7. The Bertz CT molecular complexity index is 776. The quantitative estimate of drug-likeness (QED) is 0.783. The van der Waals surface area contributed by atoms with Crippen molar-refractivity contribution in [1.82, 2.24) is 4.90 Å². The molecule has 0 spiro atoms.